The number of nitrogens with zero attached hydrogens (tertiary/aromatic N) is 2. The monoisotopic (exact) mass is 272 g/mol. The van der Waals surface area contributed by atoms with E-state index in [4.69, 9.17) is 0 Å². The van der Waals surface area contributed by atoms with Gasteiger partial charge in [-0.3, -0.25) is 0 Å². The van der Waals surface area contributed by atoms with Gasteiger partial charge in [-0.25, -0.2) is 9.48 Å². The molecule has 0 amide bonds. The van der Waals surface area contributed by atoms with E-state index in [9.17, 15) is 9.90 Å². The van der Waals surface area contributed by atoms with E-state index in [0.29, 0.717) is 0 Å². The molecule has 0 bridgehead atoms. The summed E-state index contributed by atoms with van der Waals surface area (Å²) in [5.41, 5.74) is 3.64. The highest BCUT2D eigenvalue weighted by Crippen LogP contribution is 2.30. The molecule has 0 aliphatic heterocycles. The summed E-state index contributed by atoms with van der Waals surface area (Å²) in [6.45, 7) is 10.0. The first kappa shape index (κ1) is 14.3. The third kappa shape index (κ3) is 2.46. The number of aromatic nitrogens is 2. The molecule has 1 aromatic carbocycles. The standard InChI is InChI=1S/C16H20N2O2/c1-10-6-8-12(9-7-10)18-14(16(3,4)5)11(2)13(17-18)15(19)20/h6-9H,1-5H3,(H,19,20). The van der Waals surface area contributed by atoms with E-state index in [2.05, 4.69) is 25.9 Å². The van der Waals surface area contributed by atoms with Crippen LogP contribution in [0.25, 0.3) is 5.69 Å². The summed E-state index contributed by atoms with van der Waals surface area (Å²) in [4.78, 5) is 11.3. The Hall–Kier alpha value is -2.10. The molecule has 2 rings (SSSR count). The summed E-state index contributed by atoms with van der Waals surface area (Å²) < 4.78 is 1.75. The maximum Gasteiger partial charge on any atom is 0.356 e. The van der Waals surface area contributed by atoms with Gasteiger partial charge in [-0.1, -0.05) is 38.5 Å². The van der Waals surface area contributed by atoms with Gasteiger partial charge in [-0.2, -0.15) is 5.10 Å². The van der Waals surface area contributed by atoms with Crippen molar-refractivity contribution < 1.29 is 9.90 Å². The Morgan fingerprint density at radius 1 is 1.15 bits per heavy atom. The van der Waals surface area contributed by atoms with Gasteiger partial charge in [0.15, 0.2) is 5.69 Å². The smallest absolute Gasteiger partial charge is 0.356 e. The predicted octanol–water partition coefficient (Wildman–Crippen LogP) is 3.48. The zero-order valence-corrected chi connectivity index (χ0v) is 12.6. The molecule has 2 aromatic rings. The van der Waals surface area contributed by atoms with Crippen LogP contribution in [-0.2, 0) is 5.41 Å². The number of aryl methyl sites for hydroxylation is 1. The first-order chi connectivity index (χ1) is 9.21. The molecule has 4 heteroatoms. The largest absolute Gasteiger partial charge is 0.476 e. The van der Waals surface area contributed by atoms with Gasteiger partial charge < -0.3 is 5.11 Å². The van der Waals surface area contributed by atoms with E-state index < -0.39 is 5.97 Å². The van der Waals surface area contributed by atoms with Crippen LogP contribution in [0.4, 0.5) is 0 Å². The molecule has 0 atom stereocenters. The number of carboxylic acid groups (broad SMARTS) is 1. The number of benzene rings is 1. The fourth-order valence-corrected chi connectivity index (χ4v) is 2.45. The topological polar surface area (TPSA) is 55.1 Å². The van der Waals surface area contributed by atoms with Crippen molar-refractivity contribution in [3.8, 4) is 5.69 Å². The van der Waals surface area contributed by atoms with E-state index in [1.807, 2.05) is 38.1 Å². The Bertz CT molecular complexity index is 646. The van der Waals surface area contributed by atoms with Crippen molar-refractivity contribution >= 4 is 5.97 Å². The van der Waals surface area contributed by atoms with Gasteiger partial charge in [-0.05, 0) is 26.0 Å². The Balaban J connectivity index is 2.72. The lowest BCUT2D eigenvalue weighted by atomic mass is 9.88. The van der Waals surface area contributed by atoms with E-state index in [1.165, 1.54) is 0 Å². The third-order valence-corrected chi connectivity index (χ3v) is 3.31. The summed E-state index contributed by atoms with van der Waals surface area (Å²) >= 11 is 0. The van der Waals surface area contributed by atoms with Crippen LogP contribution < -0.4 is 0 Å². The van der Waals surface area contributed by atoms with Crippen molar-refractivity contribution in [2.45, 2.75) is 40.0 Å². The Morgan fingerprint density at radius 2 is 1.70 bits per heavy atom. The molecule has 0 saturated carbocycles. The molecule has 0 saturated heterocycles. The molecular weight excluding hydrogens is 252 g/mol. The number of carboxylic acids is 1. The predicted molar refractivity (Wildman–Crippen MR) is 78.7 cm³/mol. The lowest BCUT2D eigenvalue weighted by molar-refractivity contribution is 0.0689. The van der Waals surface area contributed by atoms with E-state index in [0.717, 1.165) is 22.5 Å². The molecule has 0 radical (unpaired) electrons. The van der Waals surface area contributed by atoms with Crippen LogP contribution >= 0.6 is 0 Å². The van der Waals surface area contributed by atoms with Crippen LogP contribution in [0.2, 0.25) is 0 Å². The molecule has 0 unspecified atom stereocenters. The highest BCUT2D eigenvalue weighted by atomic mass is 16.4. The number of hydrogen-bond donors (Lipinski definition) is 1. The maximum absolute atomic E-state index is 11.3. The Labute approximate surface area is 119 Å². The van der Waals surface area contributed by atoms with E-state index in [1.54, 1.807) is 4.68 Å². The second kappa shape index (κ2) is 4.78. The molecule has 1 heterocycles. The summed E-state index contributed by atoms with van der Waals surface area (Å²) in [5.74, 6) is -0.987. The van der Waals surface area contributed by atoms with Crippen molar-refractivity contribution in [3.63, 3.8) is 0 Å². The lowest BCUT2D eigenvalue weighted by Gasteiger charge is -2.21. The molecule has 20 heavy (non-hydrogen) atoms. The molecular formula is C16H20N2O2. The molecule has 0 spiro atoms. The molecule has 0 aliphatic rings. The number of aromatic carboxylic acids is 1. The third-order valence-electron chi connectivity index (χ3n) is 3.31. The van der Waals surface area contributed by atoms with Crippen molar-refractivity contribution in [2.75, 3.05) is 0 Å². The summed E-state index contributed by atoms with van der Waals surface area (Å²) in [6.07, 6.45) is 0. The summed E-state index contributed by atoms with van der Waals surface area (Å²) in [5, 5.41) is 13.6. The average Bonchev–Trinajstić information content (AvgIpc) is 2.67. The molecule has 1 aromatic heterocycles. The molecule has 4 nitrogen and oxygen atoms in total. The molecule has 0 aliphatic carbocycles. The second-order valence-corrected chi connectivity index (χ2v) is 6.12. The minimum Gasteiger partial charge on any atom is -0.476 e. The van der Waals surface area contributed by atoms with Crippen LogP contribution in [0.3, 0.4) is 0 Å². The summed E-state index contributed by atoms with van der Waals surface area (Å²) in [7, 11) is 0. The van der Waals surface area contributed by atoms with Gasteiger partial charge in [0.2, 0.25) is 0 Å². The van der Waals surface area contributed by atoms with Crippen LogP contribution in [0.1, 0.15) is 48.1 Å². The highest BCUT2D eigenvalue weighted by molar-refractivity contribution is 5.87. The van der Waals surface area contributed by atoms with Crippen molar-refractivity contribution in [1.82, 2.24) is 9.78 Å². The van der Waals surface area contributed by atoms with Gasteiger partial charge in [0, 0.05) is 11.0 Å². The van der Waals surface area contributed by atoms with Crippen LogP contribution in [-0.4, -0.2) is 20.9 Å². The first-order valence-corrected chi connectivity index (χ1v) is 6.62. The second-order valence-electron chi connectivity index (χ2n) is 6.12. The SMILES string of the molecule is Cc1ccc(-n2nc(C(=O)O)c(C)c2C(C)(C)C)cc1. The zero-order valence-electron chi connectivity index (χ0n) is 12.6. The van der Waals surface area contributed by atoms with E-state index in [-0.39, 0.29) is 11.1 Å². The molecule has 106 valence electrons. The Kier molecular flexibility index (Phi) is 3.42. The minimum absolute atomic E-state index is 0.121. The van der Waals surface area contributed by atoms with Gasteiger partial charge in [0.05, 0.1) is 11.4 Å². The first-order valence-electron chi connectivity index (χ1n) is 6.62. The van der Waals surface area contributed by atoms with E-state index >= 15 is 0 Å². The minimum atomic E-state index is -0.987. The molecule has 1 N–H and O–H groups in total. The maximum atomic E-state index is 11.3. The van der Waals surface area contributed by atoms with Crippen LogP contribution in [0, 0.1) is 13.8 Å². The van der Waals surface area contributed by atoms with Crippen LogP contribution in [0.15, 0.2) is 24.3 Å². The normalized spacial score (nSPS) is 11.7. The zero-order chi connectivity index (χ0) is 15.1. The highest BCUT2D eigenvalue weighted by Gasteiger charge is 2.28. The van der Waals surface area contributed by atoms with Gasteiger partial charge in [0.1, 0.15) is 0 Å². The van der Waals surface area contributed by atoms with Crippen molar-refractivity contribution in [2.24, 2.45) is 0 Å². The summed E-state index contributed by atoms with van der Waals surface area (Å²) in [6, 6.07) is 7.92. The fraction of sp³-hybridized carbons (Fsp3) is 0.375. The fourth-order valence-electron chi connectivity index (χ4n) is 2.45. The van der Waals surface area contributed by atoms with Gasteiger partial charge >= 0.3 is 5.97 Å². The van der Waals surface area contributed by atoms with Gasteiger partial charge in [0.25, 0.3) is 0 Å². The number of hydrogen-bond acceptors (Lipinski definition) is 2. The van der Waals surface area contributed by atoms with Crippen LogP contribution in [0.5, 0.6) is 0 Å². The quantitative estimate of drug-likeness (QED) is 0.910. The van der Waals surface area contributed by atoms with Crippen molar-refractivity contribution in [3.05, 3.63) is 46.8 Å². The van der Waals surface area contributed by atoms with Crippen molar-refractivity contribution in [1.29, 1.82) is 0 Å². The number of rotatable bonds is 2. The van der Waals surface area contributed by atoms with Gasteiger partial charge in [-0.15, -0.1) is 0 Å². The lowest BCUT2D eigenvalue weighted by Crippen LogP contribution is -2.18. The molecule has 0 fully saturated rings. The number of carbonyl (C=O) groups is 1. The Morgan fingerprint density at radius 3 is 2.15 bits per heavy atom. The average molecular weight is 272 g/mol.